The summed E-state index contributed by atoms with van der Waals surface area (Å²) >= 11 is 5.90. The first kappa shape index (κ1) is 21.2. The van der Waals surface area contributed by atoms with E-state index in [0.29, 0.717) is 22.8 Å². The summed E-state index contributed by atoms with van der Waals surface area (Å²) in [4.78, 5) is 35.0. The van der Waals surface area contributed by atoms with E-state index in [2.05, 4.69) is 20.4 Å². The van der Waals surface area contributed by atoms with Crippen LogP contribution in [0.1, 0.15) is 46.2 Å². The largest absolute Gasteiger partial charge is 0.320 e. The zero-order valence-corrected chi connectivity index (χ0v) is 18.7. The van der Waals surface area contributed by atoms with E-state index in [1.54, 1.807) is 31.3 Å². The Morgan fingerprint density at radius 3 is 2.70 bits per heavy atom. The van der Waals surface area contributed by atoms with E-state index in [-0.39, 0.29) is 16.2 Å². The Bertz CT molecular complexity index is 1500. The number of carbonyl (C=O) groups is 1. The van der Waals surface area contributed by atoms with Gasteiger partial charge in [0.15, 0.2) is 5.69 Å². The smallest absolute Gasteiger partial charge is 0.280 e. The Morgan fingerprint density at radius 2 is 1.97 bits per heavy atom. The molecule has 1 aliphatic carbocycles. The molecule has 166 valence electrons. The molecule has 9 heteroatoms. The van der Waals surface area contributed by atoms with Gasteiger partial charge in [-0.05, 0) is 68.7 Å². The van der Waals surface area contributed by atoms with E-state index < -0.39 is 22.8 Å². The Labute approximate surface area is 193 Å². The number of benzene rings is 1. The quantitative estimate of drug-likeness (QED) is 0.473. The second kappa shape index (κ2) is 8.04. The van der Waals surface area contributed by atoms with Gasteiger partial charge in [0.1, 0.15) is 17.0 Å². The lowest BCUT2D eigenvalue weighted by Crippen LogP contribution is -2.28. The third kappa shape index (κ3) is 3.98. The van der Waals surface area contributed by atoms with Crippen molar-refractivity contribution >= 4 is 34.2 Å². The van der Waals surface area contributed by atoms with Gasteiger partial charge in [0.2, 0.25) is 5.43 Å². The van der Waals surface area contributed by atoms with Crippen molar-refractivity contribution in [1.82, 2.24) is 19.7 Å². The topological polar surface area (TPSA) is 89.8 Å². The Hall–Kier alpha value is -3.65. The van der Waals surface area contributed by atoms with Crippen molar-refractivity contribution in [2.24, 2.45) is 0 Å². The summed E-state index contributed by atoms with van der Waals surface area (Å²) in [6.45, 7) is 3.59. The number of rotatable bonds is 4. The Balaban J connectivity index is 1.66. The molecule has 33 heavy (non-hydrogen) atoms. The fourth-order valence-electron chi connectivity index (χ4n) is 3.63. The number of halogens is 2. The normalized spacial score (nSPS) is 13.3. The molecule has 4 aromatic rings. The SMILES string of the molecule is Cc1cc2c(nc1C)c(=O)c(C(=O)Nc1ccnc(C3CC3)c1)nn2-c1ccc(Cl)cc1F. The van der Waals surface area contributed by atoms with Crippen LogP contribution in [0.15, 0.2) is 47.4 Å². The summed E-state index contributed by atoms with van der Waals surface area (Å²) in [5.74, 6) is -0.952. The number of amides is 1. The van der Waals surface area contributed by atoms with Gasteiger partial charge in [-0.1, -0.05) is 11.6 Å². The third-order valence-corrected chi connectivity index (χ3v) is 5.93. The number of pyridine rings is 2. The number of aromatic nitrogens is 4. The standard InChI is InChI=1S/C24H19ClFN5O2/c1-12-9-20-21(28-13(12)2)23(32)22(30-31(20)19-6-5-15(25)10-17(19)26)24(33)29-16-7-8-27-18(11-16)14-3-4-14/h5-11,14H,3-4H2,1-2H3,(H,27,29,33). The fourth-order valence-corrected chi connectivity index (χ4v) is 3.79. The molecular formula is C24H19ClFN5O2. The van der Waals surface area contributed by atoms with Crippen LogP contribution in [0.2, 0.25) is 5.02 Å². The maximum Gasteiger partial charge on any atom is 0.280 e. The van der Waals surface area contributed by atoms with Gasteiger partial charge in [0, 0.05) is 34.2 Å². The van der Waals surface area contributed by atoms with E-state index >= 15 is 0 Å². The van der Waals surface area contributed by atoms with Gasteiger partial charge in [-0.25, -0.2) is 14.1 Å². The van der Waals surface area contributed by atoms with Crippen LogP contribution in [0, 0.1) is 19.7 Å². The van der Waals surface area contributed by atoms with E-state index in [9.17, 15) is 14.0 Å². The van der Waals surface area contributed by atoms with Crippen LogP contribution in [0.25, 0.3) is 16.7 Å². The van der Waals surface area contributed by atoms with Crippen LogP contribution < -0.4 is 10.7 Å². The molecular weight excluding hydrogens is 445 g/mol. The van der Waals surface area contributed by atoms with Gasteiger partial charge in [-0.3, -0.25) is 14.6 Å². The van der Waals surface area contributed by atoms with Crippen LogP contribution >= 0.6 is 11.6 Å². The minimum absolute atomic E-state index is 0.0287. The van der Waals surface area contributed by atoms with Crippen molar-refractivity contribution in [2.75, 3.05) is 5.32 Å². The average molecular weight is 464 g/mol. The van der Waals surface area contributed by atoms with Crippen LogP contribution in [0.3, 0.4) is 0 Å². The van der Waals surface area contributed by atoms with Crippen LogP contribution in [0.5, 0.6) is 0 Å². The maximum atomic E-state index is 14.8. The van der Waals surface area contributed by atoms with Gasteiger partial charge >= 0.3 is 0 Å². The van der Waals surface area contributed by atoms with Crippen molar-refractivity contribution in [3.8, 4) is 5.69 Å². The van der Waals surface area contributed by atoms with Gasteiger partial charge in [0.05, 0.1) is 5.52 Å². The molecule has 1 amide bonds. The number of nitrogens with zero attached hydrogens (tertiary/aromatic N) is 4. The number of fused-ring (bicyclic) bond motifs is 1. The minimum atomic E-state index is -0.710. The Kier molecular flexibility index (Phi) is 5.17. The van der Waals surface area contributed by atoms with Gasteiger partial charge in [-0.2, -0.15) is 5.10 Å². The molecule has 0 aliphatic heterocycles. The molecule has 1 N–H and O–H groups in total. The summed E-state index contributed by atoms with van der Waals surface area (Å²) in [5.41, 5.74) is 2.18. The Morgan fingerprint density at radius 1 is 1.18 bits per heavy atom. The number of anilines is 1. The highest BCUT2D eigenvalue weighted by Crippen LogP contribution is 2.39. The third-order valence-electron chi connectivity index (χ3n) is 5.69. The molecule has 0 bridgehead atoms. The summed E-state index contributed by atoms with van der Waals surface area (Å²) in [5, 5.41) is 7.19. The lowest BCUT2D eigenvalue weighted by molar-refractivity contribution is 0.102. The second-order valence-electron chi connectivity index (χ2n) is 8.14. The monoisotopic (exact) mass is 463 g/mol. The lowest BCUT2D eigenvalue weighted by Gasteiger charge is -2.14. The first-order valence-corrected chi connectivity index (χ1v) is 10.8. The first-order valence-electron chi connectivity index (χ1n) is 10.5. The number of nitrogens with one attached hydrogen (secondary N) is 1. The molecule has 0 unspecified atom stereocenters. The van der Waals surface area contributed by atoms with E-state index in [4.69, 9.17) is 11.6 Å². The summed E-state index contributed by atoms with van der Waals surface area (Å²) in [6.07, 6.45) is 3.75. The van der Waals surface area contributed by atoms with Crippen molar-refractivity contribution in [3.63, 3.8) is 0 Å². The van der Waals surface area contributed by atoms with Gasteiger partial charge in [-0.15, -0.1) is 0 Å². The summed E-state index contributed by atoms with van der Waals surface area (Å²) in [6, 6.07) is 9.24. The van der Waals surface area contributed by atoms with E-state index in [0.717, 1.165) is 30.2 Å². The predicted octanol–water partition coefficient (Wildman–Crippen LogP) is 4.71. The maximum absolute atomic E-state index is 14.8. The van der Waals surface area contributed by atoms with Gasteiger partial charge in [0.25, 0.3) is 5.91 Å². The highest BCUT2D eigenvalue weighted by atomic mass is 35.5. The molecule has 0 atom stereocenters. The molecule has 3 aromatic heterocycles. The van der Waals surface area contributed by atoms with Crippen LogP contribution in [-0.2, 0) is 0 Å². The zero-order chi connectivity index (χ0) is 23.3. The number of carbonyl (C=O) groups excluding carboxylic acids is 1. The molecule has 5 rings (SSSR count). The van der Waals surface area contributed by atoms with E-state index in [1.807, 2.05) is 6.92 Å². The lowest BCUT2D eigenvalue weighted by atomic mass is 10.1. The van der Waals surface area contributed by atoms with Crippen molar-refractivity contribution < 1.29 is 9.18 Å². The highest BCUT2D eigenvalue weighted by Gasteiger charge is 2.26. The predicted molar refractivity (Wildman–Crippen MR) is 124 cm³/mol. The molecule has 3 heterocycles. The van der Waals surface area contributed by atoms with Crippen LogP contribution in [-0.4, -0.2) is 25.7 Å². The van der Waals surface area contributed by atoms with E-state index in [1.165, 1.54) is 16.8 Å². The molecule has 0 spiro atoms. The van der Waals surface area contributed by atoms with Crippen LogP contribution in [0.4, 0.5) is 10.1 Å². The summed E-state index contributed by atoms with van der Waals surface area (Å²) < 4.78 is 16.0. The molecule has 1 aromatic carbocycles. The number of hydrogen-bond donors (Lipinski definition) is 1. The fraction of sp³-hybridized carbons (Fsp3) is 0.208. The molecule has 1 aliphatic rings. The minimum Gasteiger partial charge on any atom is -0.320 e. The van der Waals surface area contributed by atoms with Crippen molar-refractivity contribution in [1.29, 1.82) is 0 Å². The molecule has 0 radical (unpaired) electrons. The highest BCUT2D eigenvalue weighted by molar-refractivity contribution is 6.30. The first-order chi connectivity index (χ1) is 15.8. The second-order valence-corrected chi connectivity index (χ2v) is 8.58. The molecule has 0 saturated heterocycles. The molecule has 1 fully saturated rings. The molecule has 1 saturated carbocycles. The zero-order valence-electron chi connectivity index (χ0n) is 17.9. The average Bonchev–Trinajstić information content (AvgIpc) is 3.62. The van der Waals surface area contributed by atoms with Gasteiger partial charge < -0.3 is 5.32 Å². The van der Waals surface area contributed by atoms with Crippen molar-refractivity contribution in [2.45, 2.75) is 32.6 Å². The number of aryl methyl sites for hydroxylation is 2. The van der Waals surface area contributed by atoms with Crippen molar-refractivity contribution in [3.05, 3.63) is 86.3 Å². The molecule has 7 nitrogen and oxygen atoms in total. The summed E-state index contributed by atoms with van der Waals surface area (Å²) in [7, 11) is 0. The number of hydrogen-bond acceptors (Lipinski definition) is 5.